The van der Waals surface area contributed by atoms with Crippen molar-refractivity contribution in [3.05, 3.63) is 23.6 Å². The van der Waals surface area contributed by atoms with E-state index in [2.05, 4.69) is 4.98 Å². The fraction of sp³-hybridized carbons (Fsp3) is 0.615. The number of aryl methyl sites for hydroxylation is 1. The maximum Gasteiger partial charge on any atom is 0.517 e. The molecule has 2 rings (SSSR count). The summed E-state index contributed by atoms with van der Waals surface area (Å²) in [5.74, 6) is -0.384. The quantitative estimate of drug-likeness (QED) is 0.754. The molecule has 0 spiro atoms. The summed E-state index contributed by atoms with van der Waals surface area (Å²) in [5, 5.41) is 0. The molecular formula is C13H19BFNO2. The Balaban J connectivity index is 2.34. The van der Waals surface area contributed by atoms with Crippen molar-refractivity contribution >= 4 is 12.7 Å². The minimum Gasteiger partial charge on any atom is -0.398 e. The normalized spacial score (nSPS) is 21.3. The molecule has 1 saturated heterocycles. The fourth-order valence-electron chi connectivity index (χ4n) is 1.82. The number of rotatable bonds is 2. The van der Waals surface area contributed by atoms with Crippen LogP contribution in [0.2, 0.25) is 0 Å². The van der Waals surface area contributed by atoms with E-state index in [0.29, 0.717) is 0 Å². The second-order valence-corrected chi connectivity index (χ2v) is 5.61. The van der Waals surface area contributed by atoms with Crippen LogP contribution in [0.25, 0.3) is 0 Å². The summed E-state index contributed by atoms with van der Waals surface area (Å²) < 4.78 is 25.5. The van der Waals surface area contributed by atoms with Gasteiger partial charge >= 0.3 is 7.12 Å². The first-order valence-corrected chi connectivity index (χ1v) is 6.28. The molecule has 1 aromatic heterocycles. The highest BCUT2D eigenvalue weighted by Crippen LogP contribution is 2.36. The van der Waals surface area contributed by atoms with Gasteiger partial charge in [0.1, 0.15) is 11.4 Å². The molecule has 0 N–H and O–H groups in total. The molecule has 98 valence electrons. The van der Waals surface area contributed by atoms with Crippen LogP contribution >= 0.6 is 0 Å². The molecule has 1 aliphatic heterocycles. The SMILES string of the molecule is CCc1ccc(F)c(B2OC(C)(C)C(C)(C)O2)n1. The zero-order valence-corrected chi connectivity index (χ0v) is 11.6. The Bertz CT molecular complexity index is 446. The van der Waals surface area contributed by atoms with E-state index in [9.17, 15) is 4.39 Å². The third-order valence-electron chi connectivity index (χ3n) is 3.77. The van der Waals surface area contributed by atoms with Crippen LogP contribution in [0.15, 0.2) is 12.1 Å². The summed E-state index contributed by atoms with van der Waals surface area (Å²) in [5.41, 5.74) is 0.122. The number of hydrogen-bond acceptors (Lipinski definition) is 3. The molecule has 18 heavy (non-hydrogen) atoms. The van der Waals surface area contributed by atoms with E-state index in [0.717, 1.165) is 12.1 Å². The Hall–Kier alpha value is -0.935. The summed E-state index contributed by atoms with van der Waals surface area (Å²) in [6.07, 6.45) is 0.757. The zero-order chi connectivity index (χ0) is 13.6. The third-order valence-corrected chi connectivity index (χ3v) is 3.77. The van der Waals surface area contributed by atoms with Crippen LogP contribution < -0.4 is 5.59 Å². The Labute approximate surface area is 108 Å². The van der Waals surface area contributed by atoms with Gasteiger partial charge in [-0.05, 0) is 46.2 Å². The van der Waals surface area contributed by atoms with Gasteiger partial charge in [0.2, 0.25) is 0 Å². The highest BCUT2D eigenvalue weighted by atomic mass is 19.1. The van der Waals surface area contributed by atoms with Gasteiger partial charge in [0.05, 0.1) is 11.2 Å². The largest absolute Gasteiger partial charge is 0.517 e. The molecule has 5 heteroatoms. The lowest BCUT2D eigenvalue weighted by Gasteiger charge is -2.32. The van der Waals surface area contributed by atoms with Crippen LogP contribution in [0.1, 0.15) is 40.3 Å². The fourth-order valence-corrected chi connectivity index (χ4v) is 1.82. The molecule has 0 unspecified atom stereocenters. The summed E-state index contributed by atoms with van der Waals surface area (Å²) in [6, 6.07) is 3.11. The van der Waals surface area contributed by atoms with Crippen molar-refractivity contribution in [3.63, 3.8) is 0 Å². The molecule has 0 bridgehead atoms. The molecule has 1 fully saturated rings. The summed E-state index contributed by atoms with van der Waals surface area (Å²) in [6.45, 7) is 9.74. The van der Waals surface area contributed by atoms with Gasteiger partial charge in [-0.3, -0.25) is 4.98 Å². The van der Waals surface area contributed by atoms with Crippen molar-refractivity contribution in [2.45, 2.75) is 52.2 Å². The average molecular weight is 251 g/mol. The van der Waals surface area contributed by atoms with Gasteiger partial charge < -0.3 is 9.31 Å². The monoisotopic (exact) mass is 251 g/mol. The molecule has 0 amide bonds. The predicted octanol–water partition coefficient (Wildman–Crippen LogP) is 2.08. The molecule has 0 aliphatic carbocycles. The first kappa shape index (κ1) is 13.5. The molecule has 0 saturated carbocycles. The van der Waals surface area contributed by atoms with Crippen molar-refractivity contribution < 1.29 is 13.7 Å². The van der Waals surface area contributed by atoms with E-state index in [4.69, 9.17) is 9.31 Å². The van der Waals surface area contributed by atoms with Crippen molar-refractivity contribution in [2.75, 3.05) is 0 Å². The van der Waals surface area contributed by atoms with E-state index >= 15 is 0 Å². The zero-order valence-electron chi connectivity index (χ0n) is 11.6. The minimum atomic E-state index is -0.735. The summed E-state index contributed by atoms with van der Waals surface area (Å²) >= 11 is 0. The van der Waals surface area contributed by atoms with Crippen molar-refractivity contribution in [2.24, 2.45) is 0 Å². The van der Waals surface area contributed by atoms with Crippen LogP contribution in [0.5, 0.6) is 0 Å². The molecule has 0 radical (unpaired) electrons. The third kappa shape index (κ3) is 2.17. The second kappa shape index (κ2) is 4.32. The van der Waals surface area contributed by atoms with E-state index in [-0.39, 0.29) is 11.4 Å². The van der Waals surface area contributed by atoms with Crippen LogP contribution in [-0.4, -0.2) is 23.3 Å². The van der Waals surface area contributed by atoms with Gasteiger partial charge in [-0.1, -0.05) is 6.92 Å². The number of aromatic nitrogens is 1. The van der Waals surface area contributed by atoms with Crippen LogP contribution in [0, 0.1) is 5.82 Å². The molecule has 2 heterocycles. The smallest absolute Gasteiger partial charge is 0.398 e. The number of pyridine rings is 1. The van der Waals surface area contributed by atoms with Crippen molar-refractivity contribution in [3.8, 4) is 0 Å². The van der Waals surface area contributed by atoms with Crippen molar-refractivity contribution in [1.29, 1.82) is 0 Å². The minimum absolute atomic E-state index is 0.244. The maximum atomic E-state index is 13.8. The Morgan fingerprint density at radius 3 is 2.22 bits per heavy atom. The summed E-state index contributed by atoms with van der Waals surface area (Å²) in [7, 11) is -0.735. The number of nitrogens with zero attached hydrogens (tertiary/aromatic N) is 1. The molecule has 0 aromatic carbocycles. The molecule has 3 nitrogen and oxygen atoms in total. The van der Waals surface area contributed by atoms with Crippen molar-refractivity contribution in [1.82, 2.24) is 4.98 Å². The van der Waals surface area contributed by atoms with Gasteiger partial charge in [-0.2, -0.15) is 0 Å². The topological polar surface area (TPSA) is 31.4 Å². The Morgan fingerprint density at radius 1 is 1.17 bits per heavy atom. The molecular weight excluding hydrogens is 232 g/mol. The highest BCUT2D eigenvalue weighted by Gasteiger charge is 2.53. The average Bonchev–Trinajstić information content (AvgIpc) is 2.48. The van der Waals surface area contributed by atoms with Gasteiger partial charge in [0.15, 0.2) is 0 Å². The lowest BCUT2D eigenvalue weighted by molar-refractivity contribution is 0.00578. The first-order valence-electron chi connectivity index (χ1n) is 6.28. The van der Waals surface area contributed by atoms with Crippen LogP contribution in [0.3, 0.4) is 0 Å². The predicted molar refractivity (Wildman–Crippen MR) is 69.3 cm³/mol. The Kier molecular flexibility index (Phi) is 3.24. The summed E-state index contributed by atoms with van der Waals surface area (Å²) in [4.78, 5) is 4.28. The molecule has 1 aliphatic rings. The maximum absolute atomic E-state index is 13.8. The highest BCUT2D eigenvalue weighted by molar-refractivity contribution is 6.61. The molecule has 1 aromatic rings. The lowest BCUT2D eigenvalue weighted by Crippen LogP contribution is -2.41. The standard InChI is InChI=1S/C13H19BFNO2/c1-6-9-7-8-10(15)11(16-9)14-17-12(2,3)13(4,5)18-14/h7-8H,6H2,1-5H3. The first-order chi connectivity index (χ1) is 8.27. The van der Waals surface area contributed by atoms with E-state index in [1.807, 2.05) is 34.6 Å². The van der Waals surface area contributed by atoms with Gasteiger partial charge in [-0.15, -0.1) is 0 Å². The number of hydrogen-bond donors (Lipinski definition) is 0. The van der Waals surface area contributed by atoms with Crippen LogP contribution in [0.4, 0.5) is 4.39 Å². The van der Waals surface area contributed by atoms with Gasteiger partial charge in [0, 0.05) is 5.69 Å². The van der Waals surface area contributed by atoms with Gasteiger partial charge in [0.25, 0.3) is 0 Å². The Morgan fingerprint density at radius 2 is 1.72 bits per heavy atom. The van der Waals surface area contributed by atoms with E-state index < -0.39 is 18.3 Å². The second-order valence-electron chi connectivity index (χ2n) is 5.61. The van der Waals surface area contributed by atoms with Crippen LogP contribution in [-0.2, 0) is 15.7 Å². The van der Waals surface area contributed by atoms with Gasteiger partial charge in [-0.25, -0.2) is 4.39 Å². The number of halogens is 1. The molecule has 0 atom stereocenters. The van der Waals surface area contributed by atoms with E-state index in [1.54, 1.807) is 6.07 Å². The van der Waals surface area contributed by atoms with E-state index in [1.165, 1.54) is 6.07 Å². The lowest BCUT2D eigenvalue weighted by atomic mass is 9.83.